The highest BCUT2D eigenvalue weighted by Gasteiger charge is 2.18. The van der Waals surface area contributed by atoms with E-state index in [0.29, 0.717) is 11.8 Å². The summed E-state index contributed by atoms with van der Waals surface area (Å²) >= 11 is 0. The average molecular weight is 176 g/mol. The van der Waals surface area contributed by atoms with E-state index in [4.69, 9.17) is 0 Å². The summed E-state index contributed by atoms with van der Waals surface area (Å²) in [6.45, 7) is 10.5. The van der Waals surface area contributed by atoms with Crippen molar-refractivity contribution in [3.63, 3.8) is 0 Å². The Kier molecular flexibility index (Phi) is 4.39. The lowest BCUT2D eigenvalue weighted by Gasteiger charge is -2.19. The highest BCUT2D eigenvalue weighted by molar-refractivity contribution is 7.63. The fraction of sp³-hybridized carbons (Fsp3) is 1.00. The van der Waals surface area contributed by atoms with Crippen LogP contribution in [-0.4, -0.2) is 19.0 Å². The summed E-state index contributed by atoms with van der Waals surface area (Å²) in [5.74, 6) is 1.26. The van der Waals surface area contributed by atoms with Crippen LogP contribution < -0.4 is 0 Å². The Morgan fingerprint density at radius 1 is 1.27 bits per heavy atom. The van der Waals surface area contributed by atoms with Crippen LogP contribution in [0.25, 0.3) is 0 Å². The molecule has 0 aliphatic rings. The molecule has 0 heterocycles. The molecule has 0 unspecified atom stereocenters. The lowest BCUT2D eigenvalue weighted by molar-refractivity contribution is 0.453. The monoisotopic (exact) mass is 176 g/mol. The van der Waals surface area contributed by atoms with Crippen LogP contribution in [0.5, 0.6) is 0 Å². The molecular formula is C9H21OP. The van der Waals surface area contributed by atoms with Crippen LogP contribution in [0, 0.1) is 11.8 Å². The van der Waals surface area contributed by atoms with E-state index in [2.05, 4.69) is 20.8 Å². The van der Waals surface area contributed by atoms with Gasteiger partial charge >= 0.3 is 0 Å². The van der Waals surface area contributed by atoms with E-state index in [1.165, 1.54) is 0 Å². The lowest BCUT2D eigenvalue weighted by Crippen LogP contribution is -2.10. The summed E-state index contributed by atoms with van der Waals surface area (Å²) < 4.78 is 11.7. The first-order valence-corrected chi connectivity index (χ1v) is 6.97. The molecule has 0 saturated carbocycles. The van der Waals surface area contributed by atoms with Gasteiger partial charge in [-0.1, -0.05) is 27.7 Å². The largest absolute Gasteiger partial charge is 0.324 e. The second kappa shape index (κ2) is 4.30. The predicted molar refractivity (Wildman–Crippen MR) is 52.9 cm³/mol. The van der Waals surface area contributed by atoms with Gasteiger partial charge in [0.2, 0.25) is 0 Å². The minimum Gasteiger partial charge on any atom is -0.324 e. The quantitative estimate of drug-likeness (QED) is 0.601. The van der Waals surface area contributed by atoms with E-state index >= 15 is 0 Å². The van der Waals surface area contributed by atoms with Gasteiger partial charge in [0.15, 0.2) is 0 Å². The second-order valence-corrected chi connectivity index (χ2v) is 7.61. The Bertz CT molecular complexity index is 152. The van der Waals surface area contributed by atoms with E-state index in [-0.39, 0.29) is 0 Å². The van der Waals surface area contributed by atoms with Gasteiger partial charge in [-0.15, -0.1) is 0 Å². The van der Waals surface area contributed by atoms with Crippen molar-refractivity contribution in [1.82, 2.24) is 0 Å². The average Bonchev–Trinajstić information content (AvgIpc) is 1.87. The zero-order chi connectivity index (χ0) is 9.07. The van der Waals surface area contributed by atoms with Gasteiger partial charge in [0.1, 0.15) is 0 Å². The van der Waals surface area contributed by atoms with Crippen LogP contribution in [0.2, 0.25) is 0 Å². The molecule has 0 spiro atoms. The fourth-order valence-electron chi connectivity index (χ4n) is 0.949. The fourth-order valence-corrected chi connectivity index (χ4v) is 2.85. The molecular weight excluding hydrogens is 155 g/mol. The van der Waals surface area contributed by atoms with E-state index in [9.17, 15) is 4.57 Å². The third kappa shape index (κ3) is 4.63. The standard InChI is InChI=1S/C9H21OP/c1-6-11(5,10)7-9(4)8(2)3/h8-9H,6-7H2,1-5H3/t9-,11-/m1/s1. The summed E-state index contributed by atoms with van der Waals surface area (Å²) in [4.78, 5) is 0. The van der Waals surface area contributed by atoms with Crippen molar-refractivity contribution in [2.24, 2.45) is 11.8 Å². The molecule has 1 nitrogen and oxygen atoms in total. The molecule has 0 saturated heterocycles. The Hall–Kier alpha value is 0.230. The van der Waals surface area contributed by atoms with Crippen molar-refractivity contribution in [3.05, 3.63) is 0 Å². The molecule has 0 aromatic rings. The van der Waals surface area contributed by atoms with Crippen molar-refractivity contribution < 1.29 is 4.57 Å². The molecule has 0 bridgehead atoms. The van der Waals surface area contributed by atoms with Gasteiger partial charge in [0.25, 0.3) is 0 Å². The van der Waals surface area contributed by atoms with E-state index in [1.807, 2.05) is 13.6 Å². The maximum atomic E-state index is 11.7. The van der Waals surface area contributed by atoms with Crippen LogP contribution in [0.4, 0.5) is 0 Å². The van der Waals surface area contributed by atoms with E-state index < -0.39 is 7.14 Å². The van der Waals surface area contributed by atoms with Gasteiger partial charge in [0, 0.05) is 6.16 Å². The zero-order valence-corrected chi connectivity index (χ0v) is 9.32. The zero-order valence-electron chi connectivity index (χ0n) is 8.42. The summed E-state index contributed by atoms with van der Waals surface area (Å²) in [6, 6.07) is 0. The predicted octanol–water partition coefficient (Wildman–Crippen LogP) is 3.29. The van der Waals surface area contributed by atoms with Crippen LogP contribution >= 0.6 is 7.14 Å². The smallest absolute Gasteiger partial charge is 0.0848 e. The van der Waals surface area contributed by atoms with Gasteiger partial charge < -0.3 is 4.57 Å². The van der Waals surface area contributed by atoms with Gasteiger partial charge in [-0.05, 0) is 24.7 Å². The molecule has 11 heavy (non-hydrogen) atoms. The summed E-state index contributed by atoms with van der Waals surface area (Å²) in [5, 5.41) is 0. The molecule has 0 aromatic heterocycles. The molecule has 2 atom stereocenters. The van der Waals surface area contributed by atoms with Crippen LogP contribution in [0.3, 0.4) is 0 Å². The molecule has 68 valence electrons. The Morgan fingerprint density at radius 3 is 2.00 bits per heavy atom. The molecule has 0 amide bonds. The second-order valence-electron chi connectivity index (χ2n) is 4.02. The molecule has 0 rings (SSSR count). The maximum absolute atomic E-state index is 11.7. The van der Waals surface area contributed by atoms with Gasteiger partial charge in [0.05, 0.1) is 7.14 Å². The molecule has 0 radical (unpaired) electrons. The highest BCUT2D eigenvalue weighted by atomic mass is 31.2. The lowest BCUT2D eigenvalue weighted by atomic mass is 10.0. The highest BCUT2D eigenvalue weighted by Crippen LogP contribution is 2.43. The first-order chi connectivity index (χ1) is 4.89. The molecule has 0 fully saturated rings. The number of rotatable bonds is 4. The van der Waals surface area contributed by atoms with E-state index in [0.717, 1.165) is 12.3 Å². The van der Waals surface area contributed by atoms with Crippen molar-refractivity contribution in [2.45, 2.75) is 27.7 Å². The Morgan fingerprint density at radius 2 is 1.73 bits per heavy atom. The molecule has 0 aromatic carbocycles. The van der Waals surface area contributed by atoms with Gasteiger partial charge in [-0.25, -0.2) is 0 Å². The number of hydrogen-bond acceptors (Lipinski definition) is 1. The summed E-state index contributed by atoms with van der Waals surface area (Å²) in [7, 11) is -1.78. The first kappa shape index (κ1) is 11.2. The first-order valence-electron chi connectivity index (χ1n) is 4.44. The summed E-state index contributed by atoms with van der Waals surface area (Å²) in [5.41, 5.74) is 0. The molecule has 0 aliphatic heterocycles. The molecule has 0 N–H and O–H groups in total. The Labute approximate surface area is 70.9 Å². The van der Waals surface area contributed by atoms with Crippen molar-refractivity contribution in [1.29, 1.82) is 0 Å². The summed E-state index contributed by atoms with van der Waals surface area (Å²) in [6.07, 6.45) is 1.77. The van der Waals surface area contributed by atoms with Gasteiger partial charge in [-0.3, -0.25) is 0 Å². The molecule has 2 heteroatoms. The minimum absolute atomic E-state index is 0.603. The van der Waals surface area contributed by atoms with Crippen molar-refractivity contribution in [3.8, 4) is 0 Å². The maximum Gasteiger partial charge on any atom is 0.0848 e. The normalized spacial score (nSPS) is 19.8. The SMILES string of the molecule is CC[P@@](C)(=O)C[C@@H](C)C(C)C. The third-order valence-corrected chi connectivity index (χ3v) is 5.17. The van der Waals surface area contributed by atoms with Crippen LogP contribution in [0.15, 0.2) is 0 Å². The van der Waals surface area contributed by atoms with E-state index in [1.54, 1.807) is 0 Å². The topological polar surface area (TPSA) is 17.1 Å². The molecule has 0 aliphatic carbocycles. The van der Waals surface area contributed by atoms with Crippen LogP contribution in [-0.2, 0) is 4.57 Å². The minimum atomic E-state index is -1.78. The van der Waals surface area contributed by atoms with Crippen molar-refractivity contribution in [2.75, 3.05) is 19.0 Å². The van der Waals surface area contributed by atoms with Crippen LogP contribution in [0.1, 0.15) is 27.7 Å². The Balaban J connectivity index is 3.94. The third-order valence-electron chi connectivity index (χ3n) is 2.48. The van der Waals surface area contributed by atoms with Crippen molar-refractivity contribution >= 4 is 7.14 Å². The van der Waals surface area contributed by atoms with Gasteiger partial charge in [-0.2, -0.15) is 0 Å². The number of hydrogen-bond donors (Lipinski definition) is 0.